The Morgan fingerprint density at radius 3 is 2.46 bits per heavy atom. The second kappa shape index (κ2) is 8.81. The maximum Gasteiger partial charge on any atom is 0.146 e. The molecule has 0 radical (unpaired) electrons. The van der Waals surface area contributed by atoms with Crippen molar-refractivity contribution in [3.63, 3.8) is 0 Å². The molecule has 4 rings (SSSR count). The fraction of sp³-hybridized carbons (Fsp3) is 0.900. The van der Waals surface area contributed by atoms with Crippen molar-refractivity contribution in [3.05, 3.63) is 11.6 Å². The van der Waals surface area contributed by atoms with Crippen LogP contribution in [0.5, 0.6) is 0 Å². The minimum atomic E-state index is 0.544. The van der Waals surface area contributed by atoms with Crippen LogP contribution >= 0.6 is 0 Å². The van der Waals surface area contributed by atoms with Gasteiger partial charge in [-0.2, -0.15) is 0 Å². The standard InChI is InChI=1S/C20H35N5O/c1-23-19(16-24-11-13-26-14-12-24)21-22-20(23)17-7-6-10-25(15-17)18-8-4-2-3-5-9-18/h17-18H,2-16H2,1H3. The van der Waals surface area contributed by atoms with Crippen molar-refractivity contribution < 1.29 is 4.74 Å². The van der Waals surface area contributed by atoms with Crippen molar-refractivity contribution in [1.29, 1.82) is 0 Å². The van der Waals surface area contributed by atoms with Crippen LogP contribution in [0.25, 0.3) is 0 Å². The van der Waals surface area contributed by atoms with E-state index >= 15 is 0 Å². The SMILES string of the molecule is Cn1c(CN2CCOCC2)nnc1C1CCCN(C2CCCCCC2)C1. The Balaban J connectivity index is 1.40. The number of hydrogen-bond acceptors (Lipinski definition) is 5. The first-order chi connectivity index (χ1) is 12.8. The van der Waals surface area contributed by atoms with Crippen molar-refractivity contribution in [2.75, 3.05) is 39.4 Å². The van der Waals surface area contributed by atoms with Crippen LogP contribution in [-0.2, 0) is 18.3 Å². The predicted octanol–water partition coefficient (Wildman–Crippen LogP) is 2.55. The van der Waals surface area contributed by atoms with E-state index in [0.29, 0.717) is 5.92 Å². The van der Waals surface area contributed by atoms with E-state index in [2.05, 4.69) is 31.6 Å². The first kappa shape index (κ1) is 18.4. The van der Waals surface area contributed by atoms with Gasteiger partial charge in [-0.15, -0.1) is 10.2 Å². The molecule has 2 aliphatic heterocycles. The van der Waals surface area contributed by atoms with Crippen LogP contribution in [-0.4, -0.2) is 70.0 Å². The van der Waals surface area contributed by atoms with Gasteiger partial charge in [0.2, 0.25) is 0 Å². The number of piperidine rings is 1. The van der Waals surface area contributed by atoms with Crippen LogP contribution < -0.4 is 0 Å². The molecule has 0 aromatic carbocycles. The zero-order valence-electron chi connectivity index (χ0n) is 16.4. The van der Waals surface area contributed by atoms with Crippen molar-refractivity contribution in [1.82, 2.24) is 24.6 Å². The van der Waals surface area contributed by atoms with Crippen molar-refractivity contribution in [3.8, 4) is 0 Å². The van der Waals surface area contributed by atoms with Crippen molar-refractivity contribution in [2.45, 2.75) is 69.9 Å². The van der Waals surface area contributed by atoms with Crippen molar-refractivity contribution in [2.24, 2.45) is 7.05 Å². The minimum Gasteiger partial charge on any atom is -0.379 e. The maximum atomic E-state index is 5.46. The average molecular weight is 362 g/mol. The third kappa shape index (κ3) is 4.29. The van der Waals surface area contributed by atoms with Crippen LogP contribution in [0.15, 0.2) is 0 Å². The Kier molecular flexibility index (Phi) is 6.23. The van der Waals surface area contributed by atoms with E-state index in [1.807, 2.05) is 0 Å². The number of aromatic nitrogens is 3. The topological polar surface area (TPSA) is 46.4 Å². The van der Waals surface area contributed by atoms with Gasteiger partial charge in [-0.25, -0.2) is 0 Å². The molecule has 1 unspecified atom stereocenters. The highest BCUT2D eigenvalue weighted by molar-refractivity contribution is 5.04. The van der Waals surface area contributed by atoms with E-state index in [-0.39, 0.29) is 0 Å². The summed E-state index contributed by atoms with van der Waals surface area (Å²) in [7, 11) is 2.16. The van der Waals surface area contributed by atoms with Gasteiger partial charge >= 0.3 is 0 Å². The summed E-state index contributed by atoms with van der Waals surface area (Å²) in [4.78, 5) is 5.20. The molecule has 2 saturated heterocycles. The van der Waals surface area contributed by atoms with Gasteiger partial charge in [0.1, 0.15) is 11.6 Å². The summed E-state index contributed by atoms with van der Waals surface area (Å²) in [5, 5.41) is 9.18. The Labute approximate surface area is 157 Å². The van der Waals surface area contributed by atoms with E-state index in [9.17, 15) is 0 Å². The summed E-state index contributed by atoms with van der Waals surface area (Å²) < 4.78 is 7.73. The van der Waals surface area contributed by atoms with Gasteiger partial charge in [0.15, 0.2) is 0 Å². The molecule has 3 aliphatic rings. The molecular formula is C20H35N5O. The van der Waals surface area contributed by atoms with Gasteiger partial charge in [0.05, 0.1) is 19.8 Å². The molecule has 6 nitrogen and oxygen atoms in total. The van der Waals surface area contributed by atoms with E-state index in [1.165, 1.54) is 70.3 Å². The van der Waals surface area contributed by atoms with Crippen LogP contribution in [0.3, 0.4) is 0 Å². The predicted molar refractivity (Wildman–Crippen MR) is 102 cm³/mol. The van der Waals surface area contributed by atoms with E-state index < -0.39 is 0 Å². The quantitative estimate of drug-likeness (QED) is 0.771. The summed E-state index contributed by atoms with van der Waals surface area (Å²) in [6.07, 6.45) is 11.0. The molecule has 1 atom stereocenters. The molecule has 26 heavy (non-hydrogen) atoms. The second-order valence-electron chi connectivity index (χ2n) is 8.40. The van der Waals surface area contributed by atoms with Crippen LogP contribution in [0.1, 0.15) is 68.9 Å². The molecule has 1 saturated carbocycles. The molecule has 1 aliphatic carbocycles. The molecule has 3 heterocycles. The Bertz CT molecular complexity index is 561. The number of nitrogens with zero attached hydrogens (tertiary/aromatic N) is 5. The van der Waals surface area contributed by atoms with E-state index in [0.717, 1.165) is 44.7 Å². The van der Waals surface area contributed by atoms with E-state index in [4.69, 9.17) is 4.74 Å². The molecule has 0 spiro atoms. The zero-order chi connectivity index (χ0) is 17.8. The van der Waals surface area contributed by atoms with Crippen LogP contribution in [0, 0.1) is 0 Å². The van der Waals surface area contributed by atoms with Crippen LogP contribution in [0.2, 0.25) is 0 Å². The molecule has 1 aromatic rings. The first-order valence-corrected chi connectivity index (χ1v) is 10.7. The fourth-order valence-corrected chi connectivity index (χ4v) is 5.00. The minimum absolute atomic E-state index is 0.544. The number of likely N-dealkylation sites (tertiary alicyclic amines) is 1. The monoisotopic (exact) mass is 361 g/mol. The largest absolute Gasteiger partial charge is 0.379 e. The molecule has 0 bridgehead atoms. The number of rotatable bonds is 4. The normalized spacial score (nSPS) is 27.5. The summed E-state index contributed by atoms with van der Waals surface area (Å²) in [6, 6.07) is 0.807. The molecule has 0 N–H and O–H groups in total. The number of ether oxygens (including phenoxy) is 1. The molecule has 0 amide bonds. The van der Waals surface area contributed by atoms with Gasteiger partial charge in [-0.3, -0.25) is 9.80 Å². The highest BCUT2D eigenvalue weighted by Gasteiger charge is 2.30. The summed E-state index contributed by atoms with van der Waals surface area (Å²) in [5.41, 5.74) is 0. The Morgan fingerprint density at radius 2 is 1.69 bits per heavy atom. The van der Waals surface area contributed by atoms with Gasteiger partial charge in [-0.1, -0.05) is 25.7 Å². The van der Waals surface area contributed by atoms with Crippen molar-refractivity contribution >= 4 is 0 Å². The summed E-state index contributed by atoms with van der Waals surface area (Å²) in [6.45, 7) is 7.02. The Morgan fingerprint density at radius 1 is 0.923 bits per heavy atom. The number of morpholine rings is 1. The Hall–Kier alpha value is -0.980. The van der Waals surface area contributed by atoms with Gasteiger partial charge in [0, 0.05) is 38.6 Å². The molecule has 3 fully saturated rings. The zero-order valence-corrected chi connectivity index (χ0v) is 16.4. The lowest BCUT2D eigenvalue weighted by atomic mass is 9.94. The highest BCUT2D eigenvalue weighted by atomic mass is 16.5. The first-order valence-electron chi connectivity index (χ1n) is 10.7. The smallest absolute Gasteiger partial charge is 0.146 e. The molecule has 6 heteroatoms. The van der Waals surface area contributed by atoms with Gasteiger partial charge in [0.25, 0.3) is 0 Å². The lowest BCUT2D eigenvalue weighted by Gasteiger charge is -2.37. The molecule has 1 aromatic heterocycles. The molecule has 146 valence electrons. The highest BCUT2D eigenvalue weighted by Crippen LogP contribution is 2.30. The summed E-state index contributed by atoms with van der Waals surface area (Å²) in [5.74, 6) is 2.85. The third-order valence-corrected chi connectivity index (χ3v) is 6.63. The lowest BCUT2D eigenvalue weighted by Crippen LogP contribution is -2.42. The van der Waals surface area contributed by atoms with Gasteiger partial charge < -0.3 is 9.30 Å². The lowest BCUT2D eigenvalue weighted by molar-refractivity contribution is 0.0326. The van der Waals surface area contributed by atoms with E-state index in [1.54, 1.807) is 0 Å². The molecular weight excluding hydrogens is 326 g/mol. The van der Waals surface area contributed by atoms with Gasteiger partial charge in [-0.05, 0) is 32.2 Å². The summed E-state index contributed by atoms with van der Waals surface area (Å²) >= 11 is 0. The van der Waals surface area contributed by atoms with Crippen LogP contribution in [0.4, 0.5) is 0 Å². The maximum absolute atomic E-state index is 5.46. The average Bonchev–Trinajstić information content (AvgIpc) is 2.89. The number of hydrogen-bond donors (Lipinski definition) is 0. The second-order valence-corrected chi connectivity index (χ2v) is 8.40. The fourth-order valence-electron chi connectivity index (χ4n) is 5.00. The third-order valence-electron chi connectivity index (χ3n) is 6.63.